The maximum absolute atomic E-state index is 12.5. The molecule has 0 radical (unpaired) electrons. The fourth-order valence-corrected chi connectivity index (χ4v) is 7.91. The maximum atomic E-state index is 12.5. The van der Waals surface area contributed by atoms with Gasteiger partial charge in [0.1, 0.15) is 0 Å². The van der Waals surface area contributed by atoms with E-state index in [0.717, 1.165) is 44.5 Å². The summed E-state index contributed by atoms with van der Waals surface area (Å²) in [5.41, 5.74) is 21.5. The second-order valence-corrected chi connectivity index (χ2v) is 14.7. The van der Waals surface area contributed by atoms with E-state index in [1.54, 1.807) is 48.5 Å². The van der Waals surface area contributed by atoms with E-state index in [4.69, 9.17) is 33.3 Å². The van der Waals surface area contributed by atoms with E-state index in [1.807, 2.05) is 97.1 Å². The van der Waals surface area contributed by atoms with Crippen LogP contribution in [-0.2, 0) is 0 Å². The van der Waals surface area contributed by atoms with Gasteiger partial charge in [-0.15, -0.1) is 0 Å². The van der Waals surface area contributed by atoms with Gasteiger partial charge in [-0.25, -0.2) is 33.3 Å². The molecule has 7 aromatic rings. The molecule has 0 aliphatic carbocycles. The van der Waals surface area contributed by atoms with Gasteiger partial charge in [-0.1, -0.05) is 48.5 Å². The highest BCUT2D eigenvalue weighted by Crippen LogP contribution is 2.38. The minimum absolute atomic E-state index is 0.377. The third-order valence-electron chi connectivity index (χ3n) is 11.0. The first-order valence-electron chi connectivity index (χ1n) is 19.8. The maximum Gasteiger partial charge on any atom is 0.265 e. The highest BCUT2D eigenvalue weighted by atomic mass is 16.2. The Bertz CT molecular complexity index is 2830. The molecule has 4 aromatic carbocycles. The third-order valence-corrected chi connectivity index (χ3v) is 11.0. The summed E-state index contributed by atoms with van der Waals surface area (Å²) >= 11 is 0. The molecule has 4 amide bonds. The number of nitrogens with two attached hydrogens (primary N) is 4. The van der Waals surface area contributed by atoms with Crippen molar-refractivity contribution >= 4 is 70.0 Å². The van der Waals surface area contributed by atoms with E-state index in [2.05, 4.69) is 31.7 Å². The van der Waals surface area contributed by atoms with Gasteiger partial charge in [0.2, 0.25) is 0 Å². The van der Waals surface area contributed by atoms with Crippen molar-refractivity contribution < 1.29 is 19.2 Å². The van der Waals surface area contributed by atoms with Crippen molar-refractivity contribution in [2.45, 2.75) is 0 Å². The molecule has 0 saturated carbocycles. The zero-order valence-electron chi connectivity index (χ0n) is 33.7. The number of aromatic nitrogens is 4. The standard InChI is InChI=1S/C48H38N12O4/c49-57-45(61)29-9-1-25(2-10-29)41-33-17-19-35(53-33)42(26-3-11-30(12-4-26)46(62)58-50)37-21-23-39(55-37)44(28-7-15-32(16-8-28)48(64)60-52)40-24-22-38(56-40)43(36-20-18-34(41)54-36)27-5-13-31(14-6-27)47(63)59-51/h1-24,53,56H,49-52H2,(H,57,61)(H,58,62)(H,59,63)(H,60,64). The van der Waals surface area contributed by atoms with Gasteiger partial charge in [-0.05, 0) is 119 Å². The highest BCUT2D eigenvalue weighted by Gasteiger charge is 2.20. The average Bonchev–Trinajstić information content (AvgIpc) is 4.20. The number of carbonyl (C=O) groups excluding carboxylic acids is 4. The molecular weight excluding hydrogens is 809 g/mol. The monoisotopic (exact) mass is 846 g/mol. The van der Waals surface area contributed by atoms with Crippen molar-refractivity contribution in [2.75, 3.05) is 0 Å². The summed E-state index contributed by atoms with van der Waals surface area (Å²) in [6.07, 6.45) is 7.71. The summed E-state index contributed by atoms with van der Waals surface area (Å²) < 4.78 is 0. The topological polar surface area (TPSA) is 278 Å². The first-order chi connectivity index (χ1) is 31.2. The molecule has 8 bridgehead atoms. The molecule has 2 aliphatic heterocycles. The van der Waals surface area contributed by atoms with Gasteiger partial charge in [0.25, 0.3) is 23.6 Å². The van der Waals surface area contributed by atoms with Gasteiger partial charge >= 0.3 is 0 Å². The van der Waals surface area contributed by atoms with Gasteiger partial charge in [-0.3, -0.25) is 40.9 Å². The number of amides is 4. The molecular formula is C48H38N12O4. The second-order valence-electron chi connectivity index (χ2n) is 14.7. The molecule has 64 heavy (non-hydrogen) atoms. The predicted octanol–water partition coefficient (Wildman–Crippen LogP) is 5.74. The van der Waals surface area contributed by atoms with Crippen molar-refractivity contribution in [3.63, 3.8) is 0 Å². The molecule has 0 atom stereocenters. The first-order valence-corrected chi connectivity index (χ1v) is 19.8. The number of H-pyrrole nitrogens is 2. The molecule has 0 fully saturated rings. The van der Waals surface area contributed by atoms with E-state index < -0.39 is 23.6 Å². The summed E-state index contributed by atoms with van der Waals surface area (Å²) in [7, 11) is 0. The number of hydrogen-bond acceptors (Lipinski definition) is 10. The predicted molar refractivity (Wildman–Crippen MR) is 247 cm³/mol. The van der Waals surface area contributed by atoms with Crippen molar-refractivity contribution in [3.8, 4) is 44.5 Å². The van der Waals surface area contributed by atoms with Crippen LogP contribution in [0.25, 0.3) is 90.9 Å². The minimum Gasteiger partial charge on any atom is -0.354 e. The fourth-order valence-electron chi connectivity index (χ4n) is 7.91. The summed E-state index contributed by atoms with van der Waals surface area (Å²) in [5.74, 6) is 20.1. The van der Waals surface area contributed by atoms with Gasteiger partial charge in [-0.2, -0.15) is 0 Å². The van der Waals surface area contributed by atoms with E-state index in [-0.39, 0.29) is 0 Å². The van der Waals surface area contributed by atoms with Crippen LogP contribution in [0.1, 0.15) is 64.2 Å². The molecule has 0 unspecified atom stereocenters. The Kier molecular flexibility index (Phi) is 10.7. The molecule has 2 aliphatic rings. The number of aromatic amines is 2. The van der Waals surface area contributed by atoms with Crippen LogP contribution in [-0.4, -0.2) is 43.6 Å². The molecule has 9 rings (SSSR count). The molecule has 3 aromatic heterocycles. The molecule has 5 heterocycles. The Morgan fingerprint density at radius 3 is 0.719 bits per heavy atom. The zero-order chi connectivity index (χ0) is 44.5. The quantitative estimate of drug-likeness (QED) is 0.0503. The number of nitrogens with zero attached hydrogens (tertiary/aromatic N) is 2. The van der Waals surface area contributed by atoms with E-state index >= 15 is 0 Å². The minimum atomic E-state index is -0.433. The van der Waals surface area contributed by atoms with Gasteiger partial charge in [0, 0.05) is 66.6 Å². The Morgan fingerprint density at radius 2 is 0.531 bits per heavy atom. The van der Waals surface area contributed by atoms with Crippen LogP contribution in [0.2, 0.25) is 0 Å². The zero-order valence-corrected chi connectivity index (χ0v) is 33.7. The second kappa shape index (κ2) is 16.9. The molecule has 16 heteroatoms. The first kappa shape index (κ1) is 40.6. The highest BCUT2D eigenvalue weighted by molar-refractivity contribution is 6.02. The van der Waals surface area contributed by atoms with Gasteiger partial charge in [0.05, 0.1) is 22.8 Å². The number of rotatable bonds is 8. The lowest BCUT2D eigenvalue weighted by Gasteiger charge is -2.08. The fraction of sp³-hybridized carbons (Fsp3) is 0. The average molecular weight is 847 g/mol. The number of nitrogens with one attached hydrogen (secondary N) is 6. The summed E-state index contributed by atoms with van der Waals surface area (Å²) in [5, 5.41) is 0. The normalized spacial score (nSPS) is 11.6. The number of hydrazine groups is 4. The Hall–Kier alpha value is -8.80. The number of benzene rings is 4. The Morgan fingerprint density at radius 1 is 0.328 bits per heavy atom. The Labute approximate surface area is 364 Å². The van der Waals surface area contributed by atoms with Crippen molar-refractivity contribution in [2.24, 2.45) is 23.4 Å². The molecule has 14 N–H and O–H groups in total. The van der Waals surface area contributed by atoms with Crippen LogP contribution in [0.3, 0.4) is 0 Å². The SMILES string of the molecule is NNC(=O)c1ccc(-c2c3nc(c(-c4ccc(C(=O)NN)cc4)c4ccc([nH]4)c(-c4ccc(C(=O)NN)cc4)c4nc(c(-c5ccc(C(=O)NN)cc5)c5ccc2[nH]5)C=C4)C=C3)cc1. The summed E-state index contributed by atoms with van der Waals surface area (Å²) in [4.78, 5) is 67.7. The molecule has 0 saturated heterocycles. The van der Waals surface area contributed by atoms with E-state index in [9.17, 15) is 19.2 Å². The molecule has 16 nitrogen and oxygen atoms in total. The summed E-state index contributed by atoms with van der Waals surface area (Å²) in [6.45, 7) is 0. The van der Waals surface area contributed by atoms with Crippen molar-refractivity contribution in [3.05, 3.63) is 166 Å². The lowest BCUT2D eigenvalue weighted by molar-refractivity contribution is 0.0945. The molecule has 314 valence electrons. The van der Waals surface area contributed by atoms with Crippen LogP contribution in [0.5, 0.6) is 0 Å². The van der Waals surface area contributed by atoms with Crippen LogP contribution in [0.15, 0.2) is 121 Å². The van der Waals surface area contributed by atoms with E-state index in [1.165, 1.54) is 0 Å². The number of hydrogen-bond donors (Lipinski definition) is 10. The lowest BCUT2D eigenvalue weighted by Crippen LogP contribution is -2.29. The van der Waals surface area contributed by atoms with Crippen LogP contribution in [0.4, 0.5) is 0 Å². The largest absolute Gasteiger partial charge is 0.354 e. The van der Waals surface area contributed by atoms with Crippen LogP contribution < -0.4 is 45.1 Å². The number of fused-ring (bicyclic) bond motifs is 8. The van der Waals surface area contributed by atoms with E-state index in [0.29, 0.717) is 67.1 Å². The van der Waals surface area contributed by atoms with Crippen molar-refractivity contribution in [1.82, 2.24) is 41.6 Å². The number of nitrogen functional groups attached to an aromatic ring is 4. The Balaban J connectivity index is 1.40. The van der Waals surface area contributed by atoms with Gasteiger partial charge in [0.15, 0.2) is 0 Å². The summed E-state index contributed by atoms with van der Waals surface area (Å²) in [6, 6.07) is 36.0. The lowest BCUT2D eigenvalue weighted by atomic mass is 10.0. The number of carbonyl (C=O) groups is 4. The van der Waals surface area contributed by atoms with Crippen molar-refractivity contribution in [1.29, 1.82) is 0 Å². The van der Waals surface area contributed by atoms with Crippen LogP contribution >= 0.6 is 0 Å². The van der Waals surface area contributed by atoms with Gasteiger partial charge < -0.3 is 9.97 Å². The smallest absolute Gasteiger partial charge is 0.265 e. The third kappa shape index (κ3) is 7.48. The van der Waals surface area contributed by atoms with Crippen LogP contribution in [0, 0.1) is 0 Å². The molecule has 0 spiro atoms.